The standard InChI is InChI=1S/C16H22FN5O3S2/c1-10-7-14(19-11(2)16-21-20-15(9-23)26-16)18-8-13(10)27(24,25)22-5-3-12(17)4-6-22/h7-8,11-12,23H,3-6,9H2,1-2H3,(H,18,19). The number of pyridine rings is 1. The Balaban J connectivity index is 1.75. The highest BCUT2D eigenvalue weighted by Crippen LogP contribution is 2.27. The molecule has 0 radical (unpaired) electrons. The fraction of sp³-hybridized carbons (Fsp3) is 0.562. The number of aromatic nitrogens is 3. The van der Waals surface area contributed by atoms with E-state index in [1.807, 2.05) is 6.92 Å². The van der Waals surface area contributed by atoms with E-state index >= 15 is 0 Å². The van der Waals surface area contributed by atoms with E-state index in [9.17, 15) is 12.8 Å². The van der Waals surface area contributed by atoms with Crippen LogP contribution < -0.4 is 5.32 Å². The van der Waals surface area contributed by atoms with Crippen molar-refractivity contribution >= 4 is 27.2 Å². The lowest BCUT2D eigenvalue weighted by Crippen LogP contribution is -2.39. The van der Waals surface area contributed by atoms with Gasteiger partial charge in [-0.05, 0) is 38.3 Å². The van der Waals surface area contributed by atoms with E-state index in [1.54, 1.807) is 13.0 Å². The van der Waals surface area contributed by atoms with Crippen LogP contribution in [-0.2, 0) is 16.6 Å². The van der Waals surface area contributed by atoms with E-state index in [1.165, 1.54) is 21.8 Å². The normalized spacial score (nSPS) is 17.8. The van der Waals surface area contributed by atoms with Gasteiger partial charge in [0.25, 0.3) is 0 Å². The molecule has 3 rings (SSSR count). The highest BCUT2D eigenvalue weighted by atomic mass is 32.2. The predicted octanol–water partition coefficient (Wildman–Crippen LogP) is 2.03. The van der Waals surface area contributed by atoms with Crippen molar-refractivity contribution in [2.75, 3.05) is 18.4 Å². The third kappa shape index (κ3) is 4.42. The van der Waals surface area contributed by atoms with Crippen LogP contribution in [0.4, 0.5) is 10.2 Å². The SMILES string of the molecule is Cc1cc(NC(C)c2nnc(CO)s2)ncc1S(=O)(=O)N1CCC(F)CC1. The topological polar surface area (TPSA) is 108 Å². The second-order valence-electron chi connectivity index (χ2n) is 6.47. The summed E-state index contributed by atoms with van der Waals surface area (Å²) in [6.07, 6.45) is 0.845. The van der Waals surface area contributed by atoms with Gasteiger partial charge in [0, 0.05) is 19.3 Å². The minimum absolute atomic E-state index is 0.136. The molecule has 0 bridgehead atoms. The molecule has 1 saturated heterocycles. The Morgan fingerprint density at radius 1 is 1.41 bits per heavy atom. The molecule has 0 spiro atoms. The van der Waals surface area contributed by atoms with Crippen LogP contribution in [-0.4, -0.2) is 52.3 Å². The minimum Gasteiger partial charge on any atom is -0.389 e. The number of hydrogen-bond acceptors (Lipinski definition) is 8. The summed E-state index contributed by atoms with van der Waals surface area (Å²) in [5, 5.41) is 21.3. The molecule has 1 atom stereocenters. The molecule has 0 saturated carbocycles. The maximum absolute atomic E-state index is 13.3. The number of aryl methyl sites for hydroxylation is 1. The van der Waals surface area contributed by atoms with Crippen molar-refractivity contribution < 1.29 is 17.9 Å². The highest BCUT2D eigenvalue weighted by Gasteiger charge is 2.30. The Labute approximate surface area is 161 Å². The molecule has 148 valence electrons. The van der Waals surface area contributed by atoms with Crippen LogP contribution in [0.1, 0.15) is 41.4 Å². The summed E-state index contributed by atoms with van der Waals surface area (Å²) in [4.78, 5) is 4.36. The lowest BCUT2D eigenvalue weighted by molar-refractivity contribution is 0.210. The van der Waals surface area contributed by atoms with Crippen LogP contribution in [0.25, 0.3) is 0 Å². The first-order valence-electron chi connectivity index (χ1n) is 8.61. The Kier molecular flexibility index (Phi) is 6.04. The van der Waals surface area contributed by atoms with Gasteiger partial charge in [0.15, 0.2) is 0 Å². The van der Waals surface area contributed by atoms with Crippen molar-refractivity contribution in [3.63, 3.8) is 0 Å². The van der Waals surface area contributed by atoms with E-state index in [-0.39, 0.29) is 43.5 Å². The Hall–Kier alpha value is -1.69. The number of anilines is 1. The summed E-state index contributed by atoms with van der Waals surface area (Å²) < 4.78 is 40.2. The third-order valence-electron chi connectivity index (χ3n) is 4.42. The van der Waals surface area contributed by atoms with Crippen molar-refractivity contribution in [2.45, 2.75) is 50.4 Å². The van der Waals surface area contributed by atoms with Crippen LogP contribution in [0.15, 0.2) is 17.2 Å². The maximum atomic E-state index is 13.3. The van der Waals surface area contributed by atoms with Crippen LogP contribution in [0.5, 0.6) is 0 Å². The number of aliphatic hydroxyl groups excluding tert-OH is 1. The van der Waals surface area contributed by atoms with Crippen molar-refractivity contribution in [2.24, 2.45) is 0 Å². The zero-order chi connectivity index (χ0) is 19.6. The molecule has 0 aromatic carbocycles. The second-order valence-corrected chi connectivity index (χ2v) is 9.47. The monoisotopic (exact) mass is 415 g/mol. The van der Waals surface area contributed by atoms with Gasteiger partial charge in [0.2, 0.25) is 10.0 Å². The molecule has 1 aliphatic rings. The highest BCUT2D eigenvalue weighted by molar-refractivity contribution is 7.89. The van der Waals surface area contributed by atoms with E-state index in [0.717, 1.165) is 0 Å². The van der Waals surface area contributed by atoms with Gasteiger partial charge >= 0.3 is 0 Å². The molecule has 27 heavy (non-hydrogen) atoms. The summed E-state index contributed by atoms with van der Waals surface area (Å²) >= 11 is 1.30. The summed E-state index contributed by atoms with van der Waals surface area (Å²) in [7, 11) is -3.69. The minimum atomic E-state index is -3.69. The fourth-order valence-electron chi connectivity index (χ4n) is 2.89. The zero-order valence-electron chi connectivity index (χ0n) is 15.1. The fourth-order valence-corrected chi connectivity index (χ4v) is 5.21. The number of sulfonamides is 1. The largest absolute Gasteiger partial charge is 0.389 e. The zero-order valence-corrected chi connectivity index (χ0v) is 16.7. The third-order valence-corrected chi connectivity index (χ3v) is 7.54. The average molecular weight is 416 g/mol. The number of halogens is 1. The molecular weight excluding hydrogens is 393 g/mol. The van der Waals surface area contributed by atoms with E-state index in [2.05, 4.69) is 20.5 Å². The molecule has 1 fully saturated rings. The van der Waals surface area contributed by atoms with Crippen LogP contribution in [0.2, 0.25) is 0 Å². The Morgan fingerprint density at radius 3 is 2.70 bits per heavy atom. The molecule has 0 amide bonds. The van der Waals surface area contributed by atoms with Crippen LogP contribution >= 0.6 is 11.3 Å². The van der Waals surface area contributed by atoms with Gasteiger partial charge < -0.3 is 10.4 Å². The molecule has 8 nitrogen and oxygen atoms in total. The van der Waals surface area contributed by atoms with Gasteiger partial charge in [-0.2, -0.15) is 4.31 Å². The number of hydrogen-bond donors (Lipinski definition) is 2. The maximum Gasteiger partial charge on any atom is 0.244 e. The van der Waals surface area contributed by atoms with Crippen LogP contribution in [0.3, 0.4) is 0 Å². The van der Waals surface area contributed by atoms with Crippen molar-refractivity contribution in [1.82, 2.24) is 19.5 Å². The average Bonchev–Trinajstić information content (AvgIpc) is 3.11. The quantitative estimate of drug-likeness (QED) is 0.743. The van der Waals surface area contributed by atoms with Gasteiger partial charge in [-0.3, -0.25) is 0 Å². The van der Waals surface area contributed by atoms with Crippen LogP contribution in [0, 0.1) is 6.92 Å². The van der Waals surface area contributed by atoms with Gasteiger partial charge in [-0.25, -0.2) is 17.8 Å². The predicted molar refractivity (Wildman–Crippen MR) is 99.7 cm³/mol. The first-order chi connectivity index (χ1) is 12.8. The van der Waals surface area contributed by atoms with E-state index < -0.39 is 16.2 Å². The Morgan fingerprint density at radius 2 is 2.11 bits per heavy atom. The molecule has 1 aliphatic heterocycles. The van der Waals surface area contributed by atoms with Gasteiger partial charge in [-0.1, -0.05) is 11.3 Å². The van der Waals surface area contributed by atoms with Gasteiger partial charge in [-0.15, -0.1) is 10.2 Å². The molecule has 2 aromatic heterocycles. The molecular formula is C16H22FN5O3S2. The summed E-state index contributed by atoms with van der Waals surface area (Å²) in [5.74, 6) is 0.516. The smallest absolute Gasteiger partial charge is 0.244 e. The molecule has 2 aromatic rings. The number of piperidine rings is 1. The number of nitrogens with one attached hydrogen (secondary N) is 1. The van der Waals surface area contributed by atoms with Gasteiger partial charge in [0.05, 0.1) is 12.6 Å². The second kappa shape index (κ2) is 8.13. The first-order valence-corrected chi connectivity index (χ1v) is 10.9. The van der Waals surface area contributed by atoms with Crippen molar-refractivity contribution in [1.29, 1.82) is 0 Å². The lowest BCUT2D eigenvalue weighted by atomic mass is 10.1. The molecule has 11 heteroatoms. The number of nitrogens with zero attached hydrogens (tertiary/aromatic N) is 4. The van der Waals surface area contributed by atoms with E-state index in [4.69, 9.17) is 5.11 Å². The lowest BCUT2D eigenvalue weighted by Gasteiger charge is -2.28. The summed E-state index contributed by atoms with van der Waals surface area (Å²) in [6, 6.07) is 1.47. The number of alkyl halides is 1. The molecule has 3 heterocycles. The summed E-state index contributed by atoms with van der Waals surface area (Å²) in [5.41, 5.74) is 0.565. The number of rotatable bonds is 6. The van der Waals surface area contributed by atoms with Gasteiger partial charge in [0.1, 0.15) is 26.9 Å². The number of aliphatic hydroxyl groups is 1. The van der Waals surface area contributed by atoms with E-state index in [0.29, 0.717) is 21.4 Å². The van der Waals surface area contributed by atoms with Crippen molar-refractivity contribution in [3.8, 4) is 0 Å². The van der Waals surface area contributed by atoms with Crippen molar-refractivity contribution in [3.05, 3.63) is 27.8 Å². The Bertz CT molecular complexity index is 897. The molecule has 2 N–H and O–H groups in total. The molecule has 1 unspecified atom stereocenters. The summed E-state index contributed by atoms with van der Waals surface area (Å²) in [6.45, 7) is 3.80. The first kappa shape index (κ1) is 20.1. The molecule has 0 aliphatic carbocycles.